The van der Waals surface area contributed by atoms with Gasteiger partial charge in [0.05, 0.1) is 21.5 Å². The molecule has 0 saturated heterocycles. The van der Waals surface area contributed by atoms with Crippen molar-refractivity contribution in [1.29, 1.82) is 0 Å². The number of anilines is 2. The van der Waals surface area contributed by atoms with Gasteiger partial charge in [-0.2, -0.15) is 0 Å². The molecule has 122 valence electrons. The van der Waals surface area contributed by atoms with E-state index >= 15 is 0 Å². The highest BCUT2D eigenvalue weighted by Crippen LogP contribution is 2.37. The number of para-hydroxylation sites is 2. The summed E-state index contributed by atoms with van der Waals surface area (Å²) in [6, 6.07) is 12.3. The van der Waals surface area contributed by atoms with Crippen LogP contribution in [0.2, 0.25) is 0 Å². The first-order valence-corrected chi connectivity index (χ1v) is 10.4. The van der Waals surface area contributed by atoms with Crippen molar-refractivity contribution in [2.45, 2.75) is 11.8 Å². The van der Waals surface area contributed by atoms with E-state index in [2.05, 4.69) is 40.8 Å². The van der Waals surface area contributed by atoms with Gasteiger partial charge in [0.15, 0.2) is 10.3 Å². The number of aromatic nitrogens is 2. The minimum absolute atomic E-state index is 0.634. The van der Waals surface area contributed by atoms with E-state index in [9.17, 15) is 0 Å². The van der Waals surface area contributed by atoms with Crippen LogP contribution in [0.3, 0.4) is 0 Å². The van der Waals surface area contributed by atoms with E-state index in [1.165, 1.54) is 9.60 Å². The number of hydrogen-bond donors (Lipinski definition) is 1. The molecule has 0 spiro atoms. The number of thiazole rings is 2. The molecule has 0 atom stereocenters. The second kappa shape index (κ2) is 6.58. The van der Waals surface area contributed by atoms with Gasteiger partial charge in [-0.15, -0.1) is 11.8 Å². The van der Waals surface area contributed by atoms with Gasteiger partial charge >= 0.3 is 0 Å². The maximum absolute atomic E-state index is 5.66. The van der Waals surface area contributed by atoms with Crippen LogP contribution < -0.4 is 10.1 Å². The lowest BCUT2D eigenvalue weighted by Gasteiger charge is -2.01. The third kappa shape index (κ3) is 2.83. The zero-order valence-electron chi connectivity index (χ0n) is 13.2. The van der Waals surface area contributed by atoms with Gasteiger partial charge in [-0.3, -0.25) is 0 Å². The summed E-state index contributed by atoms with van der Waals surface area (Å²) in [4.78, 5) is 10.6. The number of benzene rings is 2. The summed E-state index contributed by atoms with van der Waals surface area (Å²) < 4.78 is 7.95. The van der Waals surface area contributed by atoms with E-state index in [1.54, 1.807) is 34.4 Å². The topological polar surface area (TPSA) is 47.0 Å². The maximum atomic E-state index is 5.66. The molecule has 0 saturated carbocycles. The van der Waals surface area contributed by atoms with Crippen LogP contribution in [-0.4, -0.2) is 22.8 Å². The first kappa shape index (κ1) is 15.7. The number of rotatable bonds is 5. The van der Waals surface area contributed by atoms with Crippen molar-refractivity contribution in [1.82, 2.24) is 9.97 Å². The van der Waals surface area contributed by atoms with Crippen LogP contribution in [0.25, 0.3) is 20.4 Å². The lowest BCUT2D eigenvalue weighted by molar-refractivity contribution is 0.344. The largest absolute Gasteiger partial charge is 0.492 e. The molecular weight excluding hydrogens is 358 g/mol. The lowest BCUT2D eigenvalue weighted by Crippen LogP contribution is -1.92. The lowest BCUT2D eigenvalue weighted by atomic mass is 10.3. The molecule has 2 aromatic heterocycles. The molecule has 0 bridgehead atoms. The predicted molar refractivity (Wildman–Crippen MR) is 105 cm³/mol. The summed E-state index contributed by atoms with van der Waals surface area (Å²) in [6.45, 7) is 2.61. The molecule has 0 aliphatic carbocycles. The average molecular weight is 374 g/mol. The van der Waals surface area contributed by atoms with Gasteiger partial charge < -0.3 is 10.1 Å². The van der Waals surface area contributed by atoms with Crippen molar-refractivity contribution >= 4 is 65.1 Å². The van der Waals surface area contributed by atoms with Gasteiger partial charge in [-0.25, -0.2) is 9.97 Å². The maximum Gasteiger partial charge on any atom is 0.190 e. The van der Waals surface area contributed by atoms with Crippen molar-refractivity contribution in [3.8, 4) is 5.75 Å². The molecule has 24 heavy (non-hydrogen) atoms. The third-order valence-electron chi connectivity index (χ3n) is 3.50. The number of nitrogens with one attached hydrogen (secondary N) is 1. The number of hydrogen-bond acceptors (Lipinski definition) is 7. The molecule has 0 amide bonds. The number of fused-ring (bicyclic) bond motifs is 2. The third-order valence-corrected chi connectivity index (χ3v) is 6.14. The van der Waals surface area contributed by atoms with E-state index in [1.807, 2.05) is 19.1 Å². The molecule has 4 rings (SSSR count). The number of thioether (sulfide) groups is 1. The van der Waals surface area contributed by atoms with Gasteiger partial charge in [0.2, 0.25) is 0 Å². The number of ether oxygens (including phenoxy) is 1. The first-order chi connectivity index (χ1) is 11.8. The summed E-state index contributed by atoms with van der Waals surface area (Å²) in [5.41, 5.74) is 1.95. The Bertz CT molecular complexity index is 1010. The Morgan fingerprint density at radius 3 is 2.38 bits per heavy atom. The molecule has 0 radical (unpaired) electrons. The zero-order valence-corrected chi connectivity index (χ0v) is 15.6. The fourth-order valence-electron chi connectivity index (χ4n) is 2.48. The summed E-state index contributed by atoms with van der Waals surface area (Å²) in [6.07, 6.45) is 2.07. The summed E-state index contributed by atoms with van der Waals surface area (Å²) in [7, 11) is 0. The van der Waals surface area contributed by atoms with Crippen molar-refractivity contribution in [2.75, 3.05) is 18.2 Å². The molecule has 7 heteroatoms. The van der Waals surface area contributed by atoms with E-state index < -0.39 is 0 Å². The molecule has 0 fully saturated rings. The molecule has 0 unspecified atom stereocenters. The normalized spacial score (nSPS) is 11.2. The molecule has 2 aromatic carbocycles. The quantitative estimate of drug-likeness (QED) is 0.450. The smallest absolute Gasteiger partial charge is 0.190 e. The monoisotopic (exact) mass is 373 g/mol. The Labute approximate surface area is 151 Å². The molecule has 1 N–H and O–H groups in total. The highest BCUT2D eigenvalue weighted by Gasteiger charge is 2.12. The Morgan fingerprint density at radius 1 is 1.00 bits per heavy atom. The van der Waals surface area contributed by atoms with Crippen molar-refractivity contribution in [3.05, 3.63) is 36.4 Å². The highest BCUT2D eigenvalue weighted by molar-refractivity contribution is 7.98. The Hall–Kier alpha value is -1.83. The van der Waals surface area contributed by atoms with Crippen molar-refractivity contribution in [3.63, 3.8) is 0 Å². The van der Waals surface area contributed by atoms with Crippen LogP contribution >= 0.6 is 34.4 Å². The SMILES string of the molecule is CCOc1cccc2sc(Nc3nc4c(SC)cccc4s3)nc12. The fraction of sp³-hybridized carbons (Fsp3) is 0.176. The summed E-state index contributed by atoms with van der Waals surface area (Å²) >= 11 is 4.97. The highest BCUT2D eigenvalue weighted by atomic mass is 32.2. The van der Waals surface area contributed by atoms with Crippen molar-refractivity contribution in [2.24, 2.45) is 0 Å². The van der Waals surface area contributed by atoms with Gasteiger partial charge in [0.1, 0.15) is 11.3 Å². The number of nitrogens with zero attached hydrogens (tertiary/aromatic N) is 2. The molecule has 0 aliphatic rings. The van der Waals surface area contributed by atoms with Crippen LogP contribution in [-0.2, 0) is 0 Å². The van der Waals surface area contributed by atoms with Crippen LogP contribution in [0.15, 0.2) is 41.3 Å². The van der Waals surface area contributed by atoms with E-state index in [4.69, 9.17) is 9.72 Å². The Kier molecular flexibility index (Phi) is 4.30. The van der Waals surface area contributed by atoms with Gasteiger partial charge in [-0.05, 0) is 37.4 Å². The zero-order chi connectivity index (χ0) is 16.5. The first-order valence-electron chi connectivity index (χ1n) is 7.51. The minimum Gasteiger partial charge on any atom is -0.492 e. The molecule has 0 aliphatic heterocycles. The summed E-state index contributed by atoms with van der Waals surface area (Å²) in [5.74, 6) is 0.827. The predicted octanol–water partition coefficient (Wildman–Crippen LogP) is 5.77. The Morgan fingerprint density at radius 2 is 1.67 bits per heavy atom. The summed E-state index contributed by atoms with van der Waals surface area (Å²) in [5, 5.41) is 5.05. The van der Waals surface area contributed by atoms with Gasteiger partial charge in [0.25, 0.3) is 0 Å². The van der Waals surface area contributed by atoms with Crippen LogP contribution in [0.4, 0.5) is 10.3 Å². The molecular formula is C17H15N3OS3. The van der Waals surface area contributed by atoms with E-state index in [0.717, 1.165) is 31.7 Å². The van der Waals surface area contributed by atoms with Gasteiger partial charge in [0, 0.05) is 4.90 Å². The molecule has 2 heterocycles. The second-order valence-electron chi connectivity index (χ2n) is 5.01. The van der Waals surface area contributed by atoms with Crippen LogP contribution in [0, 0.1) is 0 Å². The van der Waals surface area contributed by atoms with Crippen LogP contribution in [0.5, 0.6) is 5.75 Å². The minimum atomic E-state index is 0.634. The Balaban J connectivity index is 1.70. The molecule has 4 aromatic rings. The van der Waals surface area contributed by atoms with E-state index in [0.29, 0.717) is 6.61 Å². The average Bonchev–Trinajstić information content (AvgIpc) is 3.18. The fourth-order valence-corrected chi connectivity index (χ4v) is 4.95. The molecule has 4 nitrogen and oxygen atoms in total. The van der Waals surface area contributed by atoms with E-state index in [-0.39, 0.29) is 0 Å². The van der Waals surface area contributed by atoms with Crippen LogP contribution in [0.1, 0.15) is 6.92 Å². The van der Waals surface area contributed by atoms with Crippen molar-refractivity contribution < 1.29 is 4.74 Å². The standard InChI is InChI=1S/C17H15N3OS3/c1-3-21-10-6-4-8-12-14(10)18-16(23-12)20-17-19-15-11(22-2)7-5-9-13(15)24-17/h4-9H,3H2,1-2H3,(H,18,19,20). The van der Waals surface area contributed by atoms with Gasteiger partial charge in [-0.1, -0.05) is 34.8 Å². The second-order valence-corrected chi connectivity index (χ2v) is 7.92.